The zero-order chi connectivity index (χ0) is 14.9. The van der Waals surface area contributed by atoms with Crippen molar-refractivity contribution in [3.8, 4) is 0 Å². The van der Waals surface area contributed by atoms with E-state index in [9.17, 15) is 4.79 Å². The van der Waals surface area contributed by atoms with E-state index in [0.717, 1.165) is 30.4 Å². The van der Waals surface area contributed by atoms with E-state index in [2.05, 4.69) is 21.0 Å². The number of carbonyl (C=O) groups excluding carboxylic acids is 1. The van der Waals surface area contributed by atoms with Crippen molar-refractivity contribution in [1.82, 2.24) is 14.7 Å². The summed E-state index contributed by atoms with van der Waals surface area (Å²) in [6, 6.07) is -0.0610. The second kappa shape index (κ2) is 5.85. The Morgan fingerprint density at radius 2 is 2.05 bits per heavy atom. The minimum absolute atomic E-state index is 0.0672. The van der Waals surface area contributed by atoms with Crippen molar-refractivity contribution in [3.05, 3.63) is 16.9 Å². The second-order valence-electron chi connectivity index (χ2n) is 6.54. The molecule has 1 aromatic heterocycles. The Kier molecular flexibility index (Phi) is 4.54. The molecule has 1 fully saturated rings. The summed E-state index contributed by atoms with van der Waals surface area (Å²) in [5, 5.41) is 4.33. The highest BCUT2D eigenvalue weighted by molar-refractivity contribution is 9.10. The number of nitrogens with two attached hydrogens (primary N) is 1. The number of amides is 1. The van der Waals surface area contributed by atoms with E-state index in [4.69, 9.17) is 5.73 Å². The Labute approximate surface area is 128 Å². The van der Waals surface area contributed by atoms with Gasteiger partial charge in [0.25, 0.3) is 0 Å². The van der Waals surface area contributed by atoms with Gasteiger partial charge in [-0.15, -0.1) is 0 Å². The number of nitrogens with zero attached hydrogens (tertiary/aromatic N) is 3. The van der Waals surface area contributed by atoms with Gasteiger partial charge in [0.2, 0.25) is 5.91 Å². The van der Waals surface area contributed by atoms with Gasteiger partial charge in [0.15, 0.2) is 0 Å². The van der Waals surface area contributed by atoms with E-state index in [1.54, 1.807) is 6.20 Å². The maximum absolute atomic E-state index is 12.4. The van der Waals surface area contributed by atoms with Gasteiger partial charge in [0.1, 0.15) is 0 Å². The zero-order valence-corrected chi connectivity index (χ0v) is 13.9. The van der Waals surface area contributed by atoms with Gasteiger partial charge in [0.05, 0.1) is 22.8 Å². The summed E-state index contributed by atoms with van der Waals surface area (Å²) in [6.45, 7) is 7.52. The average Bonchev–Trinajstić information content (AvgIpc) is 2.83. The lowest BCUT2D eigenvalue weighted by molar-refractivity contribution is -0.136. The van der Waals surface area contributed by atoms with Crippen LogP contribution in [0.4, 0.5) is 0 Å². The maximum atomic E-state index is 12.4. The van der Waals surface area contributed by atoms with Crippen LogP contribution in [-0.2, 0) is 4.79 Å². The maximum Gasteiger partial charge on any atom is 0.240 e. The third-order valence-electron chi connectivity index (χ3n) is 3.92. The molecule has 20 heavy (non-hydrogen) atoms. The number of halogens is 1. The van der Waals surface area contributed by atoms with E-state index < -0.39 is 6.04 Å². The molecule has 1 atom stereocenters. The molecule has 0 bridgehead atoms. The summed E-state index contributed by atoms with van der Waals surface area (Å²) in [4.78, 5) is 14.3. The van der Waals surface area contributed by atoms with E-state index >= 15 is 0 Å². The topological polar surface area (TPSA) is 64.2 Å². The van der Waals surface area contributed by atoms with Gasteiger partial charge in [-0.05, 0) is 34.2 Å². The molecule has 1 amide bonds. The predicted octanol–water partition coefficient (Wildman–Crippen LogP) is 2.18. The van der Waals surface area contributed by atoms with Crippen LogP contribution in [0.15, 0.2) is 16.9 Å². The Hall–Kier alpha value is -0.880. The van der Waals surface area contributed by atoms with Crippen molar-refractivity contribution in [2.24, 2.45) is 11.1 Å². The summed E-state index contributed by atoms with van der Waals surface area (Å²) in [6.07, 6.45) is 5.64. The third-order valence-corrected chi connectivity index (χ3v) is 4.33. The lowest BCUT2D eigenvalue weighted by Crippen LogP contribution is -2.52. The van der Waals surface area contributed by atoms with Crippen LogP contribution in [0.3, 0.4) is 0 Å². The molecule has 1 aromatic rings. The van der Waals surface area contributed by atoms with Crippen molar-refractivity contribution in [1.29, 1.82) is 0 Å². The largest absolute Gasteiger partial charge is 0.341 e. The molecule has 2 N–H and O–H groups in total. The molecular formula is C14H23BrN4O. The average molecular weight is 343 g/mol. The molecule has 2 heterocycles. The molecule has 5 nitrogen and oxygen atoms in total. The first-order chi connectivity index (χ1) is 9.29. The Balaban J connectivity index is 1.93. The quantitative estimate of drug-likeness (QED) is 0.895. The van der Waals surface area contributed by atoms with Crippen LogP contribution >= 0.6 is 15.9 Å². The van der Waals surface area contributed by atoms with Crippen LogP contribution < -0.4 is 5.73 Å². The molecule has 1 saturated heterocycles. The molecule has 1 aliphatic heterocycles. The van der Waals surface area contributed by atoms with Gasteiger partial charge in [-0.25, -0.2) is 0 Å². The van der Waals surface area contributed by atoms with Crippen LogP contribution in [0.2, 0.25) is 0 Å². The molecule has 112 valence electrons. The number of hydrogen-bond acceptors (Lipinski definition) is 3. The lowest BCUT2D eigenvalue weighted by Gasteiger charge is -2.36. The fourth-order valence-electron chi connectivity index (χ4n) is 2.43. The summed E-state index contributed by atoms with van der Waals surface area (Å²) in [5.41, 5.74) is 5.87. The Bertz CT molecular complexity index is 472. The molecule has 6 heteroatoms. The van der Waals surface area contributed by atoms with Crippen LogP contribution in [0.5, 0.6) is 0 Å². The molecule has 0 unspecified atom stereocenters. The van der Waals surface area contributed by atoms with Gasteiger partial charge >= 0.3 is 0 Å². The first-order valence-corrected chi connectivity index (χ1v) is 7.82. The normalized spacial score (nSPS) is 19.1. The highest BCUT2D eigenvalue weighted by Crippen LogP contribution is 2.25. The summed E-state index contributed by atoms with van der Waals surface area (Å²) < 4.78 is 2.97. The lowest BCUT2D eigenvalue weighted by atomic mass is 9.86. The number of aromatic nitrogens is 2. The highest BCUT2D eigenvalue weighted by Gasteiger charge is 2.33. The van der Waals surface area contributed by atoms with Crippen molar-refractivity contribution in [3.63, 3.8) is 0 Å². The van der Waals surface area contributed by atoms with Crippen molar-refractivity contribution in [2.45, 2.75) is 45.7 Å². The SMILES string of the molecule is CC(C)(C)[C@H](N)C(=O)N1CCC(n2cc(Br)cn2)CC1. The summed E-state index contributed by atoms with van der Waals surface area (Å²) in [7, 11) is 0. The zero-order valence-electron chi connectivity index (χ0n) is 12.3. The summed E-state index contributed by atoms with van der Waals surface area (Å²) in [5.74, 6) is 0.0672. The number of likely N-dealkylation sites (tertiary alicyclic amines) is 1. The molecule has 1 aliphatic rings. The number of rotatable bonds is 2. The third kappa shape index (κ3) is 3.41. The minimum atomic E-state index is -0.433. The van der Waals surface area contributed by atoms with Gasteiger partial charge in [-0.3, -0.25) is 9.48 Å². The van der Waals surface area contributed by atoms with Crippen LogP contribution in [0, 0.1) is 5.41 Å². The predicted molar refractivity (Wildman–Crippen MR) is 82.2 cm³/mol. The van der Waals surface area contributed by atoms with E-state index in [1.165, 1.54) is 0 Å². The fraction of sp³-hybridized carbons (Fsp3) is 0.714. The molecule has 0 spiro atoms. The monoisotopic (exact) mass is 342 g/mol. The molecule has 0 aliphatic carbocycles. The number of piperidine rings is 1. The van der Waals surface area contributed by atoms with Gasteiger partial charge < -0.3 is 10.6 Å². The highest BCUT2D eigenvalue weighted by atomic mass is 79.9. The molecule has 0 aromatic carbocycles. The molecule has 0 saturated carbocycles. The van der Waals surface area contributed by atoms with Crippen molar-refractivity contribution in [2.75, 3.05) is 13.1 Å². The summed E-state index contributed by atoms with van der Waals surface area (Å²) >= 11 is 3.41. The first kappa shape index (κ1) is 15.5. The molecular weight excluding hydrogens is 320 g/mol. The van der Waals surface area contributed by atoms with E-state index in [-0.39, 0.29) is 11.3 Å². The second-order valence-corrected chi connectivity index (χ2v) is 7.45. The fourth-order valence-corrected chi connectivity index (χ4v) is 2.73. The number of carbonyl (C=O) groups is 1. The number of hydrogen-bond donors (Lipinski definition) is 1. The standard InChI is InChI=1S/C14H23BrN4O/c1-14(2,3)12(16)13(20)18-6-4-11(5-7-18)19-9-10(15)8-17-19/h8-9,11-12H,4-7,16H2,1-3H3/t12-/m1/s1. The molecule has 0 radical (unpaired) electrons. The van der Waals surface area contributed by atoms with Crippen LogP contribution in [0.25, 0.3) is 0 Å². The molecule has 2 rings (SSSR count). The van der Waals surface area contributed by atoms with Crippen LogP contribution in [0.1, 0.15) is 39.7 Å². The Morgan fingerprint density at radius 3 is 2.50 bits per heavy atom. The van der Waals surface area contributed by atoms with Crippen molar-refractivity contribution >= 4 is 21.8 Å². The smallest absolute Gasteiger partial charge is 0.240 e. The van der Waals surface area contributed by atoms with Gasteiger partial charge in [-0.1, -0.05) is 20.8 Å². The minimum Gasteiger partial charge on any atom is -0.341 e. The van der Waals surface area contributed by atoms with E-state index in [1.807, 2.05) is 36.5 Å². The van der Waals surface area contributed by atoms with Crippen molar-refractivity contribution < 1.29 is 4.79 Å². The Morgan fingerprint density at radius 1 is 1.45 bits per heavy atom. The van der Waals surface area contributed by atoms with Gasteiger partial charge in [0, 0.05) is 19.3 Å². The van der Waals surface area contributed by atoms with Gasteiger partial charge in [-0.2, -0.15) is 5.10 Å². The first-order valence-electron chi connectivity index (χ1n) is 7.03. The van der Waals surface area contributed by atoms with Crippen LogP contribution in [-0.4, -0.2) is 39.7 Å². The van der Waals surface area contributed by atoms with E-state index in [0.29, 0.717) is 6.04 Å².